The summed E-state index contributed by atoms with van der Waals surface area (Å²) in [6, 6.07) is 10.3. The third-order valence-corrected chi connectivity index (χ3v) is 4.84. The molecule has 0 amide bonds. The van der Waals surface area contributed by atoms with Gasteiger partial charge in [0.1, 0.15) is 5.82 Å². The lowest BCUT2D eigenvalue weighted by molar-refractivity contribution is 0.297. The van der Waals surface area contributed by atoms with Crippen molar-refractivity contribution in [2.24, 2.45) is 4.99 Å². The first-order chi connectivity index (χ1) is 13.7. The molecular weight excluding hydrogens is 475 g/mol. The van der Waals surface area contributed by atoms with E-state index in [0.29, 0.717) is 6.54 Å². The van der Waals surface area contributed by atoms with Crippen LogP contribution in [0.15, 0.2) is 41.5 Å². The van der Waals surface area contributed by atoms with E-state index in [4.69, 9.17) is 4.99 Å². The maximum atomic E-state index is 4.79. The van der Waals surface area contributed by atoms with Crippen molar-refractivity contribution in [3.05, 3.63) is 42.4 Å². The number of hydrogen-bond donors (Lipinski definition) is 2. The Hall–Kier alpha value is -1.61. The molecule has 0 bridgehead atoms. The highest BCUT2D eigenvalue weighted by atomic mass is 127. The fraction of sp³-hybridized carbons (Fsp3) is 0.545. The number of nitrogens with zero attached hydrogens (tertiary/aromatic N) is 4. The van der Waals surface area contributed by atoms with Gasteiger partial charge in [-0.2, -0.15) is 0 Å². The van der Waals surface area contributed by atoms with Crippen LogP contribution in [-0.4, -0.2) is 65.5 Å². The molecule has 7 heteroatoms. The van der Waals surface area contributed by atoms with E-state index in [1.54, 1.807) is 0 Å². The zero-order valence-corrected chi connectivity index (χ0v) is 20.6. The number of imidazole rings is 1. The summed E-state index contributed by atoms with van der Waals surface area (Å²) in [7, 11) is 2.06. The minimum atomic E-state index is 0. The number of aliphatic imine (C=N–C) groups is 1. The van der Waals surface area contributed by atoms with Gasteiger partial charge >= 0.3 is 0 Å². The van der Waals surface area contributed by atoms with Crippen LogP contribution in [0.2, 0.25) is 0 Å². The van der Waals surface area contributed by atoms with Crippen molar-refractivity contribution in [2.45, 2.75) is 40.2 Å². The Morgan fingerprint density at radius 3 is 2.48 bits per heavy atom. The van der Waals surface area contributed by atoms with Crippen molar-refractivity contribution in [2.75, 3.05) is 39.8 Å². The molecular formula is C22H37IN6. The average molecular weight is 512 g/mol. The van der Waals surface area contributed by atoms with Crippen LogP contribution in [-0.2, 0) is 6.54 Å². The summed E-state index contributed by atoms with van der Waals surface area (Å²) in [5.41, 5.74) is 2.19. The van der Waals surface area contributed by atoms with Gasteiger partial charge in [0.2, 0.25) is 0 Å². The molecule has 0 fully saturated rings. The lowest BCUT2D eigenvalue weighted by Gasteiger charge is -2.21. The smallest absolute Gasteiger partial charge is 0.194 e. The Balaban J connectivity index is 0.00000420. The maximum Gasteiger partial charge on any atom is 0.194 e. The van der Waals surface area contributed by atoms with E-state index in [1.165, 1.54) is 6.42 Å². The number of unbranched alkanes of at least 4 members (excludes halogenated alkanes) is 1. The van der Waals surface area contributed by atoms with Gasteiger partial charge < -0.3 is 20.1 Å². The molecule has 0 saturated heterocycles. The number of guanidine groups is 1. The molecule has 29 heavy (non-hydrogen) atoms. The summed E-state index contributed by atoms with van der Waals surface area (Å²) in [6.07, 6.45) is 4.20. The van der Waals surface area contributed by atoms with Crippen molar-refractivity contribution >= 4 is 29.9 Å². The molecule has 162 valence electrons. The van der Waals surface area contributed by atoms with Gasteiger partial charge in [-0.25, -0.2) is 4.98 Å². The highest BCUT2D eigenvalue weighted by Crippen LogP contribution is 2.16. The van der Waals surface area contributed by atoms with E-state index in [1.807, 2.05) is 24.4 Å². The van der Waals surface area contributed by atoms with Gasteiger partial charge in [-0.3, -0.25) is 4.99 Å². The van der Waals surface area contributed by atoms with Gasteiger partial charge in [0.05, 0.1) is 18.4 Å². The second-order valence-corrected chi connectivity index (χ2v) is 6.94. The fourth-order valence-corrected chi connectivity index (χ4v) is 3.15. The van der Waals surface area contributed by atoms with Gasteiger partial charge in [-0.05, 0) is 45.0 Å². The van der Waals surface area contributed by atoms with Crippen molar-refractivity contribution in [1.29, 1.82) is 0 Å². The second-order valence-electron chi connectivity index (χ2n) is 6.94. The van der Waals surface area contributed by atoms with Crippen molar-refractivity contribution < 1.29 is 0 Å². The molecule has 0 aliphatic heterocycles. The quantitative estimate of drug-likeness (QED) is 0.205. The topological polar surface area (TPSA) is 59.6 Å². The first-order valence-corrected chi connectivity index (χ1v) is 10.5. The molecule has 2 N–H and O–H groups in total. The molecule has 0 spiro atoms. The number of halogens is 1. The van der Waals surface area contributed by atoms with E-state index in [0.717, 1.165) is 62.2 Å². The standard InChI is InChI=1S/C22H36N6.HI/c1-5-23-22(24-15-11-12-16-28(6-2)7-3)27(4)18-21-25-17-20(26-21)19-13-9-8-10-14-19;/h8-10,13-14,17H,5-7,11-12,15-16,18H2,1-4H3,(H,23,24)(H,25,26);1H. The van der Waals surface area contributed by atoms with Crippen molar-refractivity contribution in [3.63, 3.8) is 0 Å². The zero-order chi connectivity index (χ0) is 20.2. The summed E-state index contributed by atoms with van der Waals surface area (Å²) in [5, 5.41) is 3.39. The summed E-state index contributed by atoms with van der Waals surface area (Å²) in [6.45, 7) is 12.3. The predicted molar refractivity (Wildman–Crippen MR) is 134 cm³/mol. The number of benzene rings is 1. The molecule has 0 unspecified atom stereocenters. The molecule has 0 atom stereocenters. The molecule has 1 aromatic carbocycles. The minimum absolute atomic E-state index is 0. The third-order valence-electron chi connectivity index (χ3n) is 4.84. The van der Waals surface area contributed by atoms with Gasteiger partial charge in [-0.15, -0.1) is 24.0 Å². The largest absolute Gasteiger partial charge is 0.357 e. The van der Waals surface area contributed by atoms with Crippen LogP contribution in [0.3, 0.4) is 0 Å². The Morgan fingerprint density at radius 1 is 1.10 bits per heavy atom. The van der Waals surface area contributed by atoms with Gasteiger partial charge in [0.25, 0.3) is 0 Å². The third kappa shape index (κ3) is 8.74. The minimum Gasteiger partial charge on any atom is -0.357 e. The van der Waals surface area contributed by atoms with Crippen LogP contribution in [0.1, 0.15) is 39.4 Å². The summed E-state index contributed by atoms with van der Waals surface area (Å²) < 4.78 is 0. The Bertz CT molecular complexity index is 696. The van der Waals surface area contributed by atoms with Crippen LogP contribution in [0, 0.1) is 0 Å². The van der Waals surface area contributed by atoms with Crippen LogP contribution in [0.5, 0.6) is 0 Å². The fourth-order valence-electron chi connectivity index (χ4n) is 3.15. The Morgan fingerprint density at radius 2 is 1.83 bits per heavy atom. The van der Waals surface area contributed by atoms with E-state index < -0.39 is 0 Å². The maximum absolute atomic E-state index is 4.79. The SMILES string of the molecule is CCNC(=NCCCCN(CC)CC)N(C)Cc1ncc(-c2ccccc2)[nH]1.I. The molecule has 0 aliphatic rings. The second kappa shape index (κ2) is 14.4. The van der Waals surface area contributed by atoms with E-state index in [9.17, 15) is 0 Å². The molecule has 1 heterocycles. The number of H-pyrrole nitrogens is 1. The lowest BCUT2D eigenvalue weighted by Crippen LogP contribution is -2.38. The van der Waals surface area contributed by atoms with Gasteiger partial charge in [-0.1, -0.05) is 44.2 Å². The van der Waals surface area contributed by atoms with Crippen LogP contribution in [0.25, 0.3) is 11.3 Å². The summed E-state index contributed by atoms with van der Waals surface area (Å²) in [5.74, 6) is 1.87. The Labute approximate surface area is 193 Å². The molecule has 2 rings (SSSR count). The number of nitrogens with one attached hydrogen (secondary N) is 2. The monoisotopic (exact) mass is 512 g/mol. The van der Waals surface area contributed by atoms with Crippen LogP contribution < -0.4 is 5.32 Å². The number of aromatic nitrogens is 2. The van der Waals surface area contributed by atoms with Crippen LogP contribution in [0.4, 0.5) is 0 Å². The molecule has 6 nitrogen and oxygen atoms in total. The number of hydrogen-bond acceptors (Lipinski definition) is 3. The van der Waals surface area contributed by atoms with Crippen LogP contribution >= 0.6 is 24.0 Å². The van der Waals surface area contributed by atoms with E-state index >= 15 is 0 Å². The number of aromatic amines is 1. The van der Waals surface area contributed by atoms with Gasteiger partial charge in [0, 0.05) is 20.1 Å². The molecule has 0 aliphatic carbocycles. The van der Waals surface area contributed by atoms with Crippen molar-refractivity contribution in [3.8, 4) is 11.3 Å². The normalized spacial score (nSPS) is 11.4. The highest BCUT2D eigenvalue weighted by molar-refractivity contribution is 14.0. The molecule has 1 aromatic heterocycles. The Kier molecular flexibility index (Phi) is 12.6. The highest BCUT2D eigenvalue weighted by Gasteiger charge is 2.10. The molecule has 2 aromatic rings. The summed E-state index contributed by atoms with van der Waals surface area (Å²) in [4.78, 5) is 17.3. The molecule has 0 radical (unpaired) electrons. The number of rotatable bonds is 11. The molecule has 0 saturated carbocycles. The summed E-state index contributed by atoms with van der Waals surface area (Å²) >= 11 is 0. The van der Waals surface area contributed by atoms with E-state index in [-0.39, 0.29) is 24.0 Å². The lowest BCUT2D eigenvalue weighted by atomic mass is 10.2. The zero-order valence-electron chi connectivity index (χ0n) is 18.3. The first-order valence-electron chi connectivity index (χ1n) is 10.5. The first kappa shape index (κ1) is 25.4. The average Bonchev–Trinajstić information content (AvgIpc) is 3.19. The van der Waals surface area contributed by atoms with Crippen molar-refractivity contribution in [1.82, 2.24) is 25.1 Å². The van der Waals surface area contributed by atoms with Gasteiger partial charge in [0.15, 0.2) is 5.96 Å². The van der Waals surface area contributed by atoms with E-state index in [2.05, 4.69) is 65.0 Å². The predicted octanol–water partition coefficient (Wildman–Crippen LogP) is 4.21.